The van der Waals surface area contributed by atoms with Gasteiger partial charge in [-0.15, -0.1) is 0 Å². The number of nitrogen functional groups attached to an aromatic ring is 1. The topological polar surface area (TPSA) is 58.3 Å². The number of para-hydroxylation sites is 1. The van der Waals surface area contributed by atoms with Crippen molar-refractivity contribution in [1.82, 2.24) is 0 Å². The first kappa shape index (κ1) is 13.1. The summed E-state index contributed by atoms with van der Waals surface area (Å²) in [5.74, 6) is 0.422. The zero-order valence-electron chi connectivity index (χ0n) is 9.70. The van der Waals surface area contributed by atoms with Crippen LogP contribution in [0, 0.1) is 5.92 Å². The maximum atomic E-state index is 8.99. The predicted octanol–water partition coefficient (Wildman–Crippen LogP) is 2.74. The lowest BCUT2D eigenvalue weighted by Gasteiger charge is -2.23. The molecule has 0 aromatic heterocycles. The van der Waals surface area contributed by atoms with Crippen molar-refractivity contribution in [3.8, 4) is 0 Å². The predicted molar refractivity (Wildman–Crippen MR) is 69.8 cm³/mol. The maximum absolute atomic E-state index is 8.99. The Balaban J connectivity index is 2.81. The Morgan fingerprint density at radius 1 is 1.44 bits per heavy atom. The summed E-state index contributed by atoms with van der Waals surface area (Å²) in [7, 11) is 0. The molecule has 90 valence electrons. The van der Waals surface area contributed by atoms with Crippen molar-refractivity contribution in [3.63, 3.8) is 0 Å². The molecule has 1 unspecified atom stereocenters. The zero-order valence-corrected chi connectivity index (χ0v) is 10.5. The van der Waals surface area contributed by atoms with Gasteiger partial charge in [-0.3, -0.25) is 0 Å². The summed E-state index contributed by atoms with van der Waals surface area (Å²) in [5, 5.41) is 12.9. The lowest BCUT2D eigenvalue weighted by molar-refractivity contribution is 0.267. The van der Waals surface area contributed by atoms with Crippen LogP contribution in [0.25, 0.3) is 0 Å². The highest BCUT2D eigenvalue weighted by atomic mass is 35.5. The summed E-state index contributed by atoms with van der Waals surface area (Å²) in [4.78, 5) is 0. The van der Waals surface area contributed by atoms with Crippen LogP contribution in [0.3, 0.4) is 0 Å². The van der Waals surface area contributed by atoms with Gasteiger partial charge in [0.15, 0.2) is 0 Å². The van der Waals surface area contributed by atoms with Crippen LogP contribution >= 0.6 is 11.6 Å². The molecule has 0 aliphatic heterocycles. The molecular formula is C12H19ClN2O. The van der Waals surface area contributed by atoms with Gasteiger partial charge < -0.3 is 16.2 Å². The lowest BCUT2D eigenvalue weighted by Crippen LogP contribution is -2.27. The van der Waals surface area contributed by atoms with Crippen LogP contribution in [0.1, 0.15) is 20.3 Å². The molecule has 0 heterocycles. The van der Waals surface area contributed by atoms with Gasteiger partial charge in [-0.25, -0.2) is 0 Å². The van der Waals surface area contributed by atoms with Gasteiger partial charge >= 0.3 is 0 Å². The molecule has 3 nitrogen and oxygen atoms in total. The Morgan fingerprint density at radius 2 is 2.12 bits per heavy atom. The molecule has 1 rings (SSSR count). The van der Waals surface area contributed by atoms with Gasteiger partial charge in [-0.2, -0.15) is 0 Å². The number of aliphatic hydroxyl groups is 1. The Bertz CT molecular complexity index is 342. The van der Waals surface area contributed by atoms with Gasteiger partial charge in [0.05, 0.1) is 16.4 Å². The smallest absolute Gasteiger partial charge is 0.0739 e. The molecule has 0 saturated carbocycles. The fourth-order valence-electron chi connectivity index (χ4n) is 1.57. The van der Waals surface area contributed by atoms with Crippen LogP contribution in [0.2, 0.25) is 5.02 Å². The molecule has 16 heavy (non-hydrogen) atoms. The van der Waals surface area contributed by atoms with Crippen molar-refractivity contribution in [2.24, 2.45) is 5.92 Å². The summed E-state index contributed by atoms with van der Waals surface area (Å²) >= 11 is 5.94. The highest BCUT2D eigenvalue weighted by molar-refractivity contribution is 6.33. The fraction of sp³-hybridized carbons (Fsp3) is 0.500. The summed E-state index contributed by atoms with van der Waals surface area (Å²) in [6.07, 6.45) is 0.698. The van der Waals surface area contributed by atoms with Gasteiger partial charge in [-0.05, 0) is 24.5 Å². The number of hydrogen-bond acceptors (Lipinski definition) is 3. The fourth-order valence-corrected chi connectivity index (χ4v) is 1.75. The molecule has 1 aromatic carbocycles. The van der Waals surface area contributed by atoms with E-state index in [9.17, 15) is 0 Å². The Hall–Kier alpha value is -0.930. The quantitative estimate of drug-likeness (QED) is 0.696. The molecule has 0 bridgehead atoms. The van der Waals surface area contributed by atoms with Crippen molar-refractivity contribution in [3.05, 3.63) is 23.2 Å². The number of aliphatic hydroxyl groups excluding tert-OH is 1. The van der Waals surface area contributed by atoms with Crippen molar-refractivity contribution in [2.45, 2.75) is 26.3 Å². The van der Waals surface area contributed by atoms with E-state index in [0.29, 0.717) is 23.0 Å². The van der Waals surface area contributed by atoms with Gasteiger partial charge in [0.25, 0.3) is 0 Å². The average Bonchev–Trinajstić information content (AvgIpc) is 2.23. The van der Waals surface area contributed by atoms with E-state index in [2.05, 4.69) is 19.2 Å². The molecule has 0 saturated heterocycles. The van der Waals surface area contributed by atoms with E-state index in [1.54, 1.807) is 6.07 Å². The van der Waals surface area contributed by atoms with Crippen molar-refractivity contribution >= 4 is 23.0 Å². The number of nitrogens with two attached hydrogens (primary N) is 1. The normalized spacial score (nSPS) is 12.8. The standard InChI is InChI=1S/C12H19ClN2O/c1-8(2)10(6-7-16)15-11-5-3-4-9(13)12(11)14/h3-5,8,10,15-16H,6-7,14H2,1-2H3. The molecule has 0 amide bonds. The second-order valence-electron chi connectivity index (χ2n) is 4.21. The summed E-state index contributed by atoms with van der Waals surface area (Å²) in [6, 6.07) is 5.72. The first-order valence-electron chi connectivity index (χ1n) is 5.47. The number of halogens is 1. The number of rotatable bonds is 5. The SMILES string of the molecule is CC(C)C(CCO)Nc1cccc(Cl)c1N. The first-order chi connectivity index (χ1) is 7.56. The van der Waals surface area contributed by atoms with Crippen LogP contribution < -0.4 is 11.1 Å². The van der Waals surface area contributed by atoms with E-state index >= 15 is 0 Å². The third-order valence-corrected chi connectivity index (χ3v) is 2.97. The van der Waals surface area contributed by atoms with Crippen LogP contribution in [0.4, 0.5) is 11.4 Å². The summed E-state index contributed by atoms with van der Waals surface area (Å²) in [6.45, 7) is 4.37. The maximum Gasteiger partial charge on any atom is 0.0739 e. The molecule has 0 spiro atoms. The van der Waals surface area contributed by atoms with Gasteiger partial charge in [-0.1, -0.05) is 31.5 Å². The van der Waals surface area contributed by atoms with E-state index in [0.717, 1.165) is 5.69 Å². The zero-order chi connectivity index (χ0) is 12.1. The van der Waals surface area contributed by atoms with Crippen LogP contribution in [-0.4, -0.2) is 17.8 Å². The van der Waals surface area contributed by atoms with E-state index in [-0.39, 0.29) is 12.6 Å². The van der Waals surface area contributed by atoms with Crippen molar-refractivity contribution < 1.29 is 5.11 Å². The molecule has 4 heteroatoms. The summed E-state index contributed by atoms with van der Waals surface area (Å²) < 4.78 is 0. The molecule has 1 aromatic rings. The Labute approximate surface area is 102 Å². The van der Waals surface area contributed by atoms with Gasteiger partial charge in [0, 0.05) is 12.6 Å². The van der Waals surface area contributed by atoms with Gasteiger partial charge in [0.2, 0.25) is 0 Å². The molecule has 0 fully saturated rings. The molecule has 0 aliphatic carbocycles. The average molecular weight is 243 g/mol. The largest absolute Gasteiger partial charge is 0.396 e. The van der Waals surface area contributed by atoms with Crippen molar-refractivity contribution in [1.29, 1.82) is 0 Å². The highest BCUT2D eigenvalue weighted by Crippen LogP contribution is 2.28. The number of nitrogens with one attached hydrogen (secondary N) is 1. The molecular weight excluding hydrogens is 224 g/mol. The lowest BCUT2D eigenvalue weighted by atomic mass is 10.0. The third kappa shape index (κ3) is 3.29. The van der Waals surface area contributed by atoms with Crippen LogP contribution in [0.15, 0.2) is 18.2 Å². The third-order valence-electron chi connectivity index (χ3n) is 2.64. The minimum atomic E-state index is 0.163. The molecule has 0 radical (unpaired) electrons. The Morgan fingerprint density at radius 3 is 2.69 bits per heavy atom. The van der Waals surface area contributed by atoms with E-state index in [4.69, 9.17) is 22.4 Å². The van der Waals surface area contributed by atoms with Gasteiger partial charge in [0.1, 0.15) is 0 Å². The molecule has 0 aliphatic rings. The number of hydrogen-bond donors (Lipinski definition) is 3. The second kappa shape index (κ2) is 5.97. The first-order valence-corrected chi connectivity index (χ1v) is 5.85. The van der Waals surface area contributed by atoms with Crippen molar-refractivity contribution in [2.75, 3.05) is 17.7 Å². The monoisotopic (exact) mass is 242 g/mol. The van der Waals surface area contributed by atoms with Crippen LogP contribution in [-0.2, 0) is 0 Å². The summed E-state index contributed by atoms with van der Waals surface area (Å²) in [5.41, 5.74) is 7.27. The Kier molecular flexibility index (Phi) is 4.90. The number of anilines is 2. The molecule has 1 atom stereocenters. The van der Waals surface area contributed by atoms with E-state index in [1.165, 1.54) is 0 Å². The number of benzene rings is 1. The molecule has 4 N–H and O–H groups in total. The van der Waals surface area contributed by atoms with E-state index < -0.39 is 0 Å². The second-order valence-corrected chi connectivity index (χ2v) is 4.62. The highest BCUT2D eigenvalue weighted by Gasteiger charge is 2.14. The van der Waals surface area contributed by atoms with Crippen LogP contribution in [0.5, 0.6) is 0 Å². The minimum Gasteiger partial charge on any atom is -0.396 e. The van der Waals surface area contributed by atoms with E-state index in [1.807, 2.05) is 12.1 Å². The minimum absolute atomic E-state index is 0.163.